The third kappa shape index (κ3) is 4.36. The largest absolute Gasteiger partial charge is 0.493 e. The maximum Gasteiger partial charge on any atom is 0.320 e. The predicted octanol–water partition coefficient (Wildman–Crippen LogP) is 4.18. The van der Waals surface area contributed by atoms with E-state index in [2.05, 4.69) is 55.6 Å². The molecule has 0 unspecified atom stereocenters. The van der Waals surface area contributed by atoms with Crippen molar-refractivity contribution in [2.24, 2.45) is 0 Å². The summed E-state index contributed by atoms with van der Waals surface area (Å²) < 4.78 is 11.7. The lowest BCUT2D eigenvalue weighted by atomic mass is 9.65. The first kappa shape index (κ1) is 21.9. The van der Waals surface area contributed by atoms with E-state index in [4.69, 9.17) is 9.47 Å². The smallest absolute Gasteiger partial charge is 0.320 e. The van der Waals surface area contributed by atoms with E-state index in [0.717, 1.165) is 43.7 Å². The van der Waals surface area contributed by atoms with Crippen molar-refractivity contribution in [1.29, 1.82) is 0 Å². The number of rotatable bonds is 5. The van der Waals surface area contributed by atoms with E-state index in [9.17, 15) is 4.79 Å². The van der Waals surface area contributed by atoms with E-state index < -0.39 is 0 Å². The molecule has 0 bridgehead atoms. The molecule has 31 heavy (non-hydrogen) atoms. The van der Waals surface area contributed by atoms with Crippen LogP contribution in [0.2, 0.25) is 0 Å². The van der Waals surface area contributed by atoms with Crippen molar-refractivity contribution < 1.29 is 14.3 Å². The fraction of sp³-hybridized carbons (Fsp3) is 0.478. The number of nitrogens with one attached hydrogen (secondary N) is 2. The molecule has 1 aromatic carbocycles. The average Bonchev–Trinajstić information content (AvgIpc) is 3.10. The van der Waals surface area contributed by atoms with Crippen molar-refractivity contribution in [3.8, 4) is 11.5 Å². The van der Waals surface area contributed by atoms with Crippen molar-refractivity contribution in [1.82, 2.24) is 15.2 Å². The number of urea groups is 1. The normalized spacial score (nSPS) is 25.5. The lowest BCUT2D eigenvalue weighted by molar-refractivity contribution is 0.156. The van der Waals surface area contributed by atoms with Crippen LogP contribution < -0.4 is 20.1 Å². The molecule has 0 radical (unpaired) electrons. The number of fused-ring (bicyclic) bond motifs is 1. The number of hydrogen-bond acceptors (Lipinski definition) is 5. The number of halogens is 1. The number of likely N-dealkylation sites (N-methyl/N-ethyl adjacent to an activating group) is 1. The van der Waals surface area contributed by atoms with Gasteiger partial charge in [-0.1, -0.05) is 12.1 Å². The van der Waals surface area contributed by atoms with E-state index in [1.807, 2.05) is 18.2 Å². The van der Waals surface area contributed by atoms with Crippen LogP contribution in [0.1, 0.15) is 31.2 Å². The van der Waals surface area contributed by atoms with Gasteiger partial charge in [-0.3, -0.25) is 5.32 Å². The second-order valence-corrected chi connectivity index (χ2v) is 9.20. The molecule has 1 aliphatic heterocycles. The first-order chi connectivity index (χ1) is 14.9. The van der Waals surface area contributed by atoms with Crippen LogP contribution in [-0.2, 0) is 5.41 Å². The Hall–Kier alpha value is -2.32. The number of carbonyl (C=O) groups is 1. The Kier molecular flexibility index (Phi) is 6.39. The molecule has 166 valence electrons. The summed E-state index contributed by atoms with van der Waals surface area (Å²) in [6.45, 7) is 1.04. The van der Waals surface area contributed by atoms with Gasteiger partial charge in [0.1, 0.15) is 10.4 Å². The van der Waals surface area contributed by atoms with Gasteiger partial charge in [0, 0.05) is 17.5 Å². The minimum Gasteiger partial charge on any atom is -0.493 e. The second kappa shape index (κ2) is 9.04. The lowest BCUT2D eigenvalue weighted by Crippen LogP contribution is -2.52. The van der Waals surface area contributed by atoms with Crippen molar-refractivity contribution in [3.05, 3.63) is 46.6 Å². The molecule has 2 heterocycles. The van der Waals surface area contributed by atoms with E-state index in [1.54, 1.807) is 20.3 Å². The van der Waals surface area contributed by atoms with E-state index >= 15 is 0 Å². The third-order valence-electron chi connectivity index (χ3n) is 6.78. The molecular formula is C23H29BrN4O3. The van der Waals surface area contributed by atoms with Crippen LogP contribution in [0.15, 0.2) is 41.0 Å². The van der Waals surface area contributed by atoms with Crippen LogP contribution in [-0.4, -0.2) is 55.8 Å². The molecule has 2 fully saturated rings. The maximum absolute atomic E-state index is 12.5. The van der Waals surface area contributed by atoms with Gasteiger partial charge >= 0.3 is 6.03 Å². The lowest BCUT2D eigenvalue weighted by Gasteiger charge is -2.45. The number of methoxy groups -OCH3 is 2. The molecule has 7 nitrogen and oxygen atoms in total. The summed E-state index contributed by atoms with van der Waals surface area (Å²) in [6, 6.07) is 12.0. The number of benzene rings is 1. The van der Waals surface area contributed by atoms with Crippen LogP contribution in [0, 0.1) is 0 Å². The van der Waals surface area contributed by atoms with Gasteiger partial charge in [0.2, 0.25) is 0 Å². The summed E-state index contributed by atoms with van der Waals surface area (Å²) in [6.07, 6.45) is 3.95. The summed E-state index contributed by atoms with van der Waals surface area (Å²) in [7, 11) is 5.52. The van der Waals surface area contributed by atoms with Crippen molar-refractivity contribution in [3.63, 3.8) is 0 Å². The zero-order chi connectivity index (χ0) is 22.0. The van der Waals surface area contributed by atoms with Gasteiger partial charge in [-0.2, -0.15) is 0 Å². The topological polar surface area (TPSA) is 75.7 Å². The number of ether oxygens (including phenoxy) is 2. The molecule has 2 aliphatic rings. The monoisotopic (exact) mass is 488 g/mol. The molecule has 2 N–H and O–H groups in total. The Balaban J connectivity index is 1.48. The number of anilines is 1. The van der Waals surface area contributed by atoms with Gasteiger partial charge in [0.15, 0.2) is 11.5 Å². The summed E-state index contributed by atoms with van der Waals surface area (Å²) in [5, 5.41) is 5.99. The summed E-state index contributed by atoms with van der Waals surface area (Å²) in [5.41, 5.74) is 1.36. The first-order valence-corrected chi connectivity index (χ1v) is 11.4. The predicted molar refractivity (Wildman–Crippen MR) is 124 cm³/mol. The number of aromatic nitrogens is 1. The molecular weight excluding hydrogens is 460 g/mol. The number of amides is 2. The number of nitrogens with zero attached hydrogens (tertiary/aromatic N) is 2. The van der Waals surface area contributed by atoms with Crippen molar-refractivity contribution >= 4 is 27.8 Å². The summed E-state index contributed by atoms with van der Waals surface area (Å²) in [5.74, 6) is 2.04. The Labute approximate surface area is 191 Å². The zero-order valence-corrected chi connectivity index (χ0v) is 19.7. The van der Waals surface area contributed by atoms with Crippen LogP contribution in [0.4, 0.5) is 10.6 Å². The SMILES string of the molecule is COc1ccc([C@@]23CC[C@H](NC(=O)Nc4cccc(Br)n4)C[C@H]2N(C)CC3)cc1OC. The van der Waals surface area contributed by atoms with Crippen LogP contribution in [0.3, 0.4) is 0 Å². The Morgan fingerprint density at radius 3 is 2.74 bits per heavy atom. The zero-order valence-electron chi connectivity index (χ0n) is 18.2. The number of carbonyl (C=O) groups excluding carboxylic acids is 1. The standard InChI is InChI=1S/C23H29BrN4O3/c1-28-12-11-23(15-7-8-17(30-2)18(13-15)31-3)10-9-16(14-19(23)28)25-22(29)27-21-6-4-5-20(24)26-21/h4-8,13,16,19H,9-12,14H2,1-3H3,(H2,25,26,27,29)/t16-,19+,23-/m0/s1. The molecule has 4 rings (SSSR count). The highest BCUT2D eigenvalue weighted by Crippen LogP contribution is 2.49. The average molecular weight is 489 g/mol. The fourth-order valence-electron chi connectivity index (χ4n) is 5.21. The fourth-order valence-corrected chi connectivity index (χ4v) is 5.55. The highest BCUT2D eigenvalue weighted by molar-refractivity contribution is 9.10. The highest BCUT2D eigenvalue weighted by Gasteiger charge is 2.50. The van der Waals surface area contributed by atoms with Gasteiger partial charge in [-0.05, 0) is 85.0 Å². The van der Waals surface area contributed by atoms with Gasteiger partial charge in [-0.25, -0.2) is 9.78 Å². The number of pyridine rings is 1. The maximum atomic E-state index is 12.5. The van der Waals surface area contributed by atoms with Crippen LogP contribution in [0.25, 0.3) is 0 Å². The first-order valence-electron chi connectivity index (χ1n) is 10.6. The molecule has 3 atom stereocenters. The molecule has 1 aromatic heterocycles. The van der Waals surface area contributed by atoms with Gasteiger partial charge in [-0.15, -0.1) is 0 Å². The molecule has 0 spiro atoms. The Bertz CT molecular complexity index is 956. The van der Waals surface area contributed by atoms with E-state index in [1.165, 1.54) is 5.56 Å². The second-order valence-electron chi connectivity index (χ2n) is 8.39. The highest BCUT2D eigenvalue weighted by atomic mass is 79.9. The van der Waals surface area contributed by atoms with Gasteiger partial charge < -0.3 is 19.7 Å². The number of hydrogen-bond donors (Lipinski definition) is 2. The molecule has 1 aliphatic carbocycles. The molecule has 1 saturated heterocycles. The molecule has 1 saturated carbocycles. The Morgan fingerprint density at radius 1 is 1.19 bits per heavy atom. The summed E-state index contributed by atoms with van der Waals surface area (Å²) >= 11 is 3.33. The minimum atomic E-state index is -0.213. The Morgan fingerprint density at radius 2 is 2.00 bits per heavy atom. The summed E-state index contributed by atoms with van der Waals surface area (Å²) in [4.78, 5) is 19.2. The van der Waals surface area contributed by atoms with Crippen molar-refractivity contribution in [2.45, 2.75) is 43.2 Å². The van der Waals surface area contributed by atoms with Crippen LogP contribution >= 0.6 is 15.9 Å². The quantitative estimate of drug-likeness (QED) is 0.617. The van der Waals surface area contributed by atoms with Gasteiger partial charge in [0.25, 0.3) is 0 Å². The molecule has 2 aromatic rings. The minimum absolute atomic E-state index is 0.0643. The van der Waals surface area contributed by atoms with Crippen molar-refractivity contribution in [2.75, 3.05) is 33.1 Å². The van der Waals surface area contributed by atoms with E-state index in [0.29, 0.717) is 16.5 Å². The van der Waals surface area contributed by atoms with Crippen LogP contribution in [0.5, 0.6) is 11.5 Å². The molecule has 2 amide bonds. The molecule has 8 heteroatoms. The van der Waals surface area contributed by atoms with E-state index in [-0.39, 0.29) is 17.5 Å². The third-order valence-corrected chi connectivity index (χ3v) is 7.22. The number of likely N-dealkylation sites (tertiary alicyclic amines) is 1. The van der Waals surface area contributed by atoms with Gasteiger partial charge in [0.05, 0.1) is 14.2 Å².